The first-order chi connectivity index (χ1) is 18.0. The third-order valence-electron chi connectivity index (χ3n) is 4.91. The minimum absolute atomic E-state index is 0.0165. The number of hydrogen-bond acceptors (Lipinski definition) is 6. The van der Waals surface area contributed by atoms with Crippen molar-refractivity contribution < 1.29 is 23.9 Å². The molecular weight excluding hydrogens is 492 g/mol. The van der Waals surface area contributed by atoms with Gasteiger partial charge in [0.05, 0.1) is 0 Å². The van der Waals surface area contributed by atoms with Crippen LogP contribution >= 0.6 is 12.2 Å². The lowest BCUT2D eigenvalue weighted by Gasteiger charge is -2.12. The molecule has 0 fully saturated rings. The Morgan fingerprint density at radius 3 is 2.05 bits per heavy atom. The van der Waals surface area contributed by atoms with Crippen molar-refractivity contribution in [3.63, 3.8) is 0 Å². The quantitative estimate of drug-likeness (QED) is 0.174. The number of ether oxygens (including phenoxy) is 2. The smallest absolute Gasteiger partial charge is 0.257 e. The summed E-state index contributed by atoms with van der Waals surface area (Å²) in [5.41, 5.74) is 6.12. The molecule has 0 radical (unpaired) electrons. The first kappa shape index (κ1) is 27.2. The molecule has 0 saturated carbocycles. The molecule has 0 saturated heterocycles. The molecule has 192 valence electrons. The third-order valence-corrected chi connectivity index (χ3v) is 5.12. The van der Waals surface area contributed by atoms with Crippen molar-refractivity contribution in [2.75, 3.05) is 13.2 Å². The van der Waals surface area contributed by atoms with Gasteiger partial charge in [-0.1, -0.05) is 54.6 Å². The standard InChI is InChI=1S/C27H28N4O5S/c32-24(28-19-20-8-3-1-4-9-20)14-15-25(33)30-31-27(37)29-26(34)21-10-7-13-23(18-21)36-17-16-35-22-11-5-2-6-12-22/h1-13,18H,14-17,19H2,(H,28,32)(H,30,33)(H2,29,31,34,37). The summed E-state index contributed by atoms with van der Waals surface area (Å²) in [5.74, 6) is 0.0851. The van der Waals surface area contributed by atoms with Gasteiger partial charge in [-0.05, 0) is 48.1 Å². The van der Waals surface area contributed by atoms with Gasteiger partial charge in [-0.25, -0.2) is 0 Å². The molecule has 0 heterocycles. The predicted molar refractivity (Wildman–Crippen MR) is 143 cm³/mol. The number of para-hydroxylation sites is 1. The maximum absolute atomic E-state index is 12.5. The van der Waals surface area contributed by atoms with Crippen LogP contribution in [-0.2, 0) is 16.1 Å². The predicted octanol–water partition coefficient (Wildman–Crippen LogP) is 2.88. The maximum Gasteiger partial charge on any atom is 0.257 e. The molecule has 3 rings (SSSR count). The lowest BCUT2D eigenvalue weighted by atomic mass is 10.2. The van der Waals surface area contributed by atoms with E-state index >= 15 is 0 Å². The lowest BCUT2D eigenvalue weighted by molar-refractivity contribution is -0.126. The zero-order valence-electron chi connectivity index (χ0n) is 20.1. The monoisotopic (exact) mass is 520 g/mol. The third kappa shape index (κ3) is 10.4. The molecule has 0 atom stereocenters. The second-order valence-electron chi connectivity index (χ2n) is 7.76. The Morgan fingerprint density at radius 1 is 0.703 bits per heavy atom. The average Bonchev–Trinajstić information content (AvgIpc) is 2.93. The summed E-state index contributed by atoms with van der Waals surface area (Å²) in [4.78, 5) is 36.4. The van der Waals surface area contributed by atoms with Crippen LogP contribution in [0.3, 0.4) is 0 Å². The van der Waals surface area contributed by atoms with Gasteiger partial charge in [-0.2, -0.15) is 0 Å². The number of hydrogen-bond donors (Lipinski definition) is 4. The Balaban J connectivity index is 1.32. The Kier molecular flexibility index (Phi) is 10.9. The zero-order valence-corrected chi connectivity index (χ0v) is 20.9. The fourth-order valence-corrected chi connectivity index (χ4v) is 3.21. The summed E-state index contributed by atoms with van der Waals surface area (Å²) in [6.07, 6.45) is -0.0276. The first-order valence-corrected chi connectivity index (χ1v) is 12.0. The molecule has 3 aromatic carbocycles. The second-order valence-corrected chi connectivity index (χ2v) is 8.16. The van der Waals surface area contributed by atoms with Crippen molar-refractivity contribution >= 4 is 35.1 Å². The first-order valence-electron chi connectivity index (χ1n) is 11.6. The van der Waals surface area contributed by atoms with Crippen LogP contribution in [0.5, 0.6) is 11.5 Å². The summed E-state index contributed by atoms with van der Waals surface area (Å²) < 4.78 is 11.2. The minimum atomic E-state index is -0.474. The molecule has 0 aliphatic heterocycles. The Morgan fingerprint density at radius 2 is 1.32 bits per heavy atom. The largest absolute Gasteiger partial charge is 0.490 e. The van der Waals surface area contributed by atoms with Crippen LogP contribution in [0.15, 0.2) is 84.9 Å². The summed E-state index contributed by atoms with van der Waals surface area (Å²) in [7, 11) is 0. The van der Waals surface area contributed by atoms with E-state index in [1.165, 1.54) is 0 Å². The van der Waals surface area contributed by atoms with Gasteiger partial charge in [0.25, 0.3) is 5.91 Å². The fraction of sp³-hybridized carbons (Fsp3) is 0.185. The Bertz CT molecular complexity index is 1190. The molecule has 9 nitrogen and oxygen atoms in total. The molecule has 0 spiro atoms. The van der Waals surface area contributed by atoms with Gasteiger partial charge >= 0.3 is 0 Å². The number of amides is 3. The summed E-state index contributed by atoms with van der Waals surface area (Å²) in [6.45, 7) is 1.04. The SMILES string of the molecule is O=C(CCC(=O)NNC(=S)NC(=O)c1cccc(OCCOc2ccccc2)c1)NCc1ccccc1. The van der Waals surface area contributed by atoms with Crippen LogP contribution in [0.4, 0.5) is 0 Å². The number of rotatable bonds is 11. The molecule has 37 heavy (non-hydrogen) atoms. The van der Waals surface area contributed by atoms with Gasteiger partial charge in [0.1, 0.15) is 24.7 Å². The van der Waals surface area contributed by atoms with Crippen molar-refractivity contribution in [2.45, 2.75) is 19.4 Å². The number of hydrazine groups is 1. The summed E-state index contributed by atoms with van der Waals surface area (Å²) in [5, 5.41) is 5.14. The number of carbonyl (C=O) groups is 3. The van der Waals surface area contributed by atoms with Crippen LogP contribution in [0.1, 0.15) is 28.8 Å². The normalized spacial score (nSPS) is 10.1. The van der Waals surface area contributed by atoms with E-state index in [-0.39, 0.29) is 23.9 Å². The van der Waals surface area contributed by atoms with Gasteiger partial charge < -0.3 is 14.8 Å². The number of nitrogens with one attached hydrogen (secondary N) is 4. The van der Waals surface area contributed by atoms with Crippen LogP contribution < -0.4 is 31.0 Å². The van der Waals surface area contributed by atoms with E-state index in [4.69, 9.17) is 21.7 Å². The van der Waals surface area contributed by atoms with Gasteiger partial charge in [-0.3, -0.25) is 30.6 Å². The number of benzene rings is 3. The van der Waals surface area contributed by atoms with Gasteiger partial charge in [0.15, 0.2) is 5.11 Å². The van der Waals surface area contributed by atoms with E-state index in [9.17, 15) is 14.4 Å². The Hall–Kier alpha value is -4.44. The van der Waals surface area contributed by atoms with Crippen LogP contribution in [0.25, 0.3) is 0 Å². The highest BCUT2D eigenvalue weighted by atomic mass is 32.1. The molecular formula is C27H28N4O5S. The highest BCUT2D eigenvalue weighted by Crippen LogP contribution is 2.14. The molecule has 0 aromatic heterocycles. The lowest BCUT2D eigenvalue weighted by Crippen LogP contribution is -2.48. The highest BCUT2D eigenvalue weighted by molar-refractivity contribution is 7.80. The molecule has 3 aromatic rings. The van der Waals surface area contributed by atoms with Gasteiger partial charge in [0, 0.05) is 24.9 Å². The van der Waals surface area contributed by atoms with Gasteiger partial charge in [0.2, 0.25) is 11.8 Å². The summed E-state index contributed by atoms with van der Waals surface area (Å²) in [6, 6.07) is 25.5. The van der Waals surface area contributed by atoms with E-state index in [0.717, 1.165) is 11.3 Å². The van der Waals surface area contributed by atoms with Crippen molar-refractivity contribution in [3.05, 3.63) is 96.1 Å². The molecule has 0 bridgehead atoms. The topological polar surface area (TPSA) is 118 Å². The fourth-order valence-electron chi connectivity index (χ4n) is 3.07. The maximum atomic E-state index is 12.5. The average molecular weight is 521 g/mol. The van der Waals surface area contributed by atoms with E-state index in [2.05, 4.69) is 21.5 Å². The molecule has 0 aliphatic carbocycles. The number of thiocarbonyl (C=S) groups is 1. The minimum Gasteiger partial charge on any atom is -0.490 e. The van der Waals surface area contributed by atoms with Crippen molar-refractivity contribution in [2.24, 2.45) is 0 Å². The molecule has 10 heteroatoms. The van der Waals surface area contributed by atoms with E-state index < -0.39 is 11.8 Å². The van der Waals surface area contributed by atoms with Crippen LogP contribution in [-0.4, -0.2) is 36.0 Å². The van der Waals surface area contributed by atoms with Crippen molar-refractivity contribution in [1.29, 1.82) is 0 Å². The second kappa shape index (κ2) is 14.8. The molecule has 4 N–H and O–H groups in total. The molecule has 0 aliphatic rings. The number of carbonyl (C=O) groups excluding carboxylic acids is 3. The van der Waals surface area contributed by atoms with Crippen molar-refractivity contribution in [1.82, 2.24) is 21.5 Å². The van der Waals surface area contributed by atoms with E-state index in [1.54, 1.807) is 24.3 Å². The van der Waals surface area contributed by atoms with Crippen molar-refractivity contribution in [3.8, 4) is 11.5 Å². The van der Waals surface area contributed by atoms with E-state index in [0.29, 0.717) is 31.1 Å². The van der Waals surface area contributed by atoms with Crippen LogP contribution in [0, 0.1) is 0 Å². The Labute approximate surface area is 220 Å². The summed E-state index contributed by atoms with van der Waals surface area (Å²) >= 11 is 5.06. The zero-order chi connectivity index (χ0) is 26.3. The highest BCUT2D eigenvalue weighted by Gasteiger charge is 2.11. The van der Waals surface area contributed by atoms with E-state index in [1.807, 2.05) is 60.7 Å². The molecule has 3 amide bonds. The molecule has 0 unspecified atom stereocenters. The van der Waals surface area contributed by atoms with Crippen LogP contribution in [0.2, 0.25) is 0 Å². The van der Waals surface area contributed by atoms with Gasteiger partial charge in [-0.15, -0.1) is 0 Å².